The number of sulfone groups is 1. The lowest BCUT2D eigenvalue weighted by Crippen LogP contribution is -2.28. The predicted octanol–water partition coefficient (Wildman–Crippen LogP) is 0.958. The van der Waals surface area contributed by atoms with Crippen LogP contribution in [0.15, 0.2) is 0 Å². The summed E-state index contributed by atoms with van der Waals surface area (Å²) >= 11 is 0. The van der Waals surface area contributed by atoms with Crippen LogP contribution in [0.25, 0.3) is 0 Å². The van der Waals surface area contributed by atoms with E-state index in [-0.39, 0.29) is 18.6 Å². The number of carboxylic acid groups (broad SMARTS) is 1. The monoisotopic (exact) mass is 245 g/mol. The van der Waals surface area contributed by atoms with E-state index in [1.165, 1.54) is 0 Å². The van der Waals surface area contributed by atoms with E-state index >= 15 is 0 Å². The van der Waals surface area contributed by atoms with Gasteiger partial charge in [0.1, 0.15) is 5.25 Å². The molecule has 1 aliphatic carbocycles. The van der Waals surface area contributed by atoms with Crippen molar-refractivity contribution >= 4 is 15.8 Å². The summed E-state index contributed by atoms with van der Waals surface area (Å²) < 4.78 is 23.6. The van der Waals surface area contributed by atoms with Crippen LogP contribution in [0.5, 0.6) is 0 Å². The fourth-order valence-electron chi connectivity index (χ4n) is 1.82. The normalized spacial score (nSPS) is 19.8. The summed E-state index contributed by atoms with van der Waals surface area (Å²) in [5.74, 6) is -1.14. The highest BCUT2D eigenvalue weighted by molar-refractivity contribution is 7.92. The van der Waals surface area contributed by atoms with Gasteiger partial charge in [0.15, 0.2) is 9.84 Å². The maximum Gasteiger partial charge on any atom is 0.303 e. The summed E-state index contributed by atoms with van der Waals surface area (Å²) in [6, 6.07) is 1.76. The molecule has 0 spiro atoms. The highest BCUT2D eigenvalue weighted by atomic mass is 32.2. The molecule has 0 aromatic carbocycles. The van der Waals surface area contributed by atoms with Crippen LogP contribution in [-0.2, 0) is 14.6 Å². The highest BCUT2D eigenvalue weighted by Crippen LogP contribution is 2.50. The highest BCUT2D eigenvalue weighted by Gasteiger charge is 2.48. The maximum atomic E-state index is 11.8. The Kier molecular flexibility index (Phi) is 3.58. The van der Waals surface area contributed by atoms with Crippen molar-refractivity contribution in [3.63, 3.8) is 0 Å². The molecule has 6 heteroatoms. The molecule has 0 aromatic rings. The maximum absolute atomic E-state index is 11.8. The van der Waals surface area contributed by atoms with E-state index < -0.39 is 26.5 Å². The zero-order valence-electron chi connectivity index (χ0n) is 9.14. The van der Waals surface area contributed by atoms with Crippen LogP contribution in [0.2, 0.25) is 0 Å². The first-order valence-electron chi connectivity index (χ1n) is 5.18. The third-order valence-corrected chi connectivity index (χ3v) is 5.26. The van der Waals surface area contributed by atoms with Crippen LogP contribution >= 0.6 is 0 Å². The summed E-state index contributed by atoms with van der Waals surface area (Å²) in [6.07, 6.45) is 1.39. The fraction of sp³-hybridized carbons (Fsp3) is 0.800. The van der Waals surface area contributed by atoms with Gasteiger partial charge in [-0.2, -0.15) is 5.26 Å². The van der Waals surface area contributed by atoms with Crippen molar-refractivity contribution in [1.82, 2.24) is 0 Å². The third kappa shape index (κ3) is 2.95. The Morgan fingerprint density at radius 3 is 2.44 bits per heavy atom. The molecule has 0 heterocycles. The molecule has 0 radical (unpaired) electrons. The Labute approximate surface area is 95.0 Å². The summed E-state index contributed by atoms with van der Waals surface area (Å²) in [6.45, 7) is 1.64. The van der Waals surface area contributed by atoms with Gasteiger partial charge in [-0.3, -0.25) is 4.79 Å². The van der Waals surface area contributed by atoms with E-state index in [2.05, 4.69) is 0 Å². The fourth-order valence-corrected chi connectivity index (χ4v) is 3.94. The van der Waals surface area contributed by atoms with Crippen molar-refractivity contribution in [1.29, 1.82) is 5.26 Å². The smallest absolute Gasteiger partial charge is 0.303 e. The first-order valence-corrected chi connectivity index (χ1v) is 6.90. The molecular weight excluding hydrogens is 230 g/mol. The van der Waals surface area contributed by atoms with Crippen molar-refractivity contribution < 1.29 is 18.3 Å². The first kappa shape index (κ1) is 13.0. The average Bonchev–Trinajstić information content (AvgIpc) is 2.83. The minimum Gasteiger partial charge on any atom is -0.481 e. The number of aliphatic carboxylic acids is 1. The SMILES string of the molecule is CCC(C#N)S(=O)(=O)CC1(CC(=O)O)CC1. The summed E-state index contributed by atoms with van der Waals surface area (Å²) in [5, 5.41) is 16.4. The lowest BCUT2D eigenvalue weighted by atomic mass is 10.1. The number of nitrogens with zero attached hydrogens (tertiary/aromatic N) is 1. The van der Waals surface area contributed by atoms with E-state index in [0.29, 0.717) is 12.8 Å². The van der Waals surface area contributed by atoms with Gasteiger partial charge in [-0.15, -0.1) is 0 Å². The van der Waals surface area contributed by atoms with Crippen molar-refractivity contribution in [2.75, 3.05) is 5.75 Å². The molecule has 0 saturated heterocycles. The molecule has 5 nitrogen and oxygen atoms in total. The van der Waals surface area contributed by atoms with Crippen molar-refractivity contribution in [3.05, 3.63) is 0 Å². The molecule has 90 valence electrons. The van der Waals surface area contributed by atoms with Gasteiger partial charge < -0.3 is 5.11 Å². The zero-order chi connectivity index (χ0) is 12.4. The molecule has 0 amide bonds. The topological polar surface area (TPSA) is 95.2 Å². The van der Waals surface area contributed by atoms with Gasteiger partial charge in [0.2, 0.25) is 0 Å². The molecule has 1 unspecified atom stereocenters. The van der Waals surface area contributed by atoms with Gasteiger partial charge in [0.25, 0.3) is 0 Å². The second-order valence-corrected chi connectivity index (χ2v) is 6.59. The van der Waals surface area contributed by atoms with Gasteiger partial charge >= 0.3 is 5.97 Å². The molecule has 1 fully saturated rings. The number of carbonyl (C=O) groups is 1. The number of nitriles is 1. The minimum atomic E-state index is -3.49. The Bertz CT molecular complexity index is 417. The van der Waals surface area contributed by atoms with E-state index in [0.717, 1.165) is 0 Å². The molecule has 0 aromatic heterocycles. The summed E-state index contributed by atoms with van der Waals surface area (Å²) in [5.41, 5.74) is -0.602. The minimum absolute atomic E-state index is 0.117. The molecule has 0 aliphatic heterocycles. The average molecular weight is 245 g/mol. The van der Waals surface area contributed by atoms with Crippen LogP contribution in [0.4, 0.5) is 0 Å². The Balaban J connectivity index is 2.74. The lowest BCUT2D eigenvalue weighted by Gasteiger charge is -2.15. The van der Waals surface area contributed by atoms with E-state index in [1.807, 2.05) is 0 Å². The first-order chi connectivity index (χ1) is 7.35. The Morgan fingerprint density at radius 2 is 2.12 bits per heavy atom. The second-order valence-electron chi connectivity index (χ2n) is 4.40. The van der Waals surface area contributed by atoms with E-state index in [1.54, 1.807) is 13.0 Å². The van der Waals surface area contributed by atoms with Gasteiger partial charge in [0.05, 0.1) is 18.2 Å². The standard InChI is InChI=1S/C10H15NO4S/c1-2-8(6-11)16(14,15)7-10(3-4-10)5-9(12)13/h8H,2-5,7H2,1H3,(H,12,13). The quantitative estimate of drug-likeness (QED) is 0.752. The lowest BCUT2D eigenvalue weighted by molar-refractivity contribution is -0.138. The number of carboxylic acids is 1. The van der Waals surface area contributed by atoms with Gasteiger partial charge in [-0.1, -0.05) is 6.92 Å². The molecule has 0 bridgehead atoms. The number of hydrogen-bond donors (Lipinski definition) is 1. The zero-order valence-corrected chi connectivity index (χ0v) is 9.96. The molecular formula is C10H15NO4S. The molecule has 16 heavy (non-hydrogen) atoms. The summed E-state index contributed by atoms with van der Waals surface area (Å²) in [7, 11) is -3.49. The Morgan fingerprint density at radius 1 is 1.56 bits per heavy atom. The van der Waals surface area contributed by atoms with E-state index in [4.69, 9.17) is 10.4 Å². The number of rotatable bonds is 6. The Hall–Kier alpha value is -1.09. The number of hydrogen-bond acceptors (Lipinski definition) is 4. The van der Waals surface area contributed by atoms with Crippen LogP contribution in [0, 0.1) is 16.7 Å². The molecule has 1 aliphatic rings. The van der Waals surface area contributed by atoms with Gasteiger partial charge in [0, 0.05) is 0 Å². The largest absolute Gasteiger partial charge is 0.481 e. The van der Waals surface area contributed by atoms with Crippen LogP contribution in [-0.4, -0.2) is 30.5 Å². The molecule has 1 saturated carbocycles. The third-order valence-electron chi connectivity index (χ3n) is 2.94. The van der Waals surface area contributed by atoms with Crippen molar-refractivity contribution in [2.45, 2.75) is 37.9 Å². The van der Waals surface area contributed by atoms with Crippen molar-refractivity contribution in [3.8, 4) is 6.07 Å². The summed E-state index contributed by atoms with van der Waals surface area (Å²) in [4.78, 5) is 10.6. The van der Waals surface area contributed by atoms with E-state index in [9.17, 15) is 13.2 Å². The molecule has 1 atom stereocenters. The van der Waals surface area contributed by atoms with Crippen LogP contribution in [0.1, 0.15) is 32.6 Å². The van der Waals surface area contributed by atoms with Crippen LogP contribution < -0.4 is 0 Å². The predicted molar refractivity (Wildman–Crippen MR) is 57.4 cm³/mol. The molecule has 1 rings (SSSR count). The van der Waals surface area contributed by atoms with Crippen molar-refractivity contribution in [2.24, 2.45) is 5.41 Å². The van der Waals surface area contributed by atoms with Gasteiger partial charge in [-0.25, -0.2) is 8.42 Å². The second kappa shape index (κ2) is 4.42. The van der Waals surface area contributed by atoms with Crippen LogP contribution in [0.3, 0.4) is 0 Å². The van der Waals surface area contributed by atoms with Gasteiger partial charge in [-0.05, 0) is 24.7 Å². The molecule has 1 N–H and O–H groups in total.